The summed E-state index contributed by atoms with van der Waals surface area (Å²) in [6, 6.07) is 0.145. The average Bonchev–Trinajstić information content (AvgIpc) is 2.41. The number of nitrogens with zero attached hydrogens (tertiary/aromatic N) is 1. The maximum Gasteiger partial charge on any atom is 0.345 e. The van der Waals surface area contributed by atoms with E-state index >= 15 is 0 Å². The van der Waals surface area contributed by atoms with Crippen LogP contribution in [0.2, 0.25) is 0 Å². The normalized spacial score (nSPS) is 28.9. The number of rotatable bonds is 5. The van der Waals surface area contributed by atoms with Crippen LogP contribution in [0.4, 0.5) is 8.78 Å². The maximum absolute atomic E-state index is 11.9. The molecule has 0 aromatic rings. The van der Waals surface area contributed by atoms with Gasteiger partial charge in [-0.2, -0.15) is 8.78 Å². The zero-order valence-corrected chi connectivity index (χ0v) is 8.37. The van der Waals surface area contributed by atoms with E-state index in [4.69, 9.17) is 4.84 Å². The Hall–Kier alpha value is -0.300. The molecule has 0 aromatic carbocycles. The van der Waals surface area contributed by atoms with Gasteiger partial charge in [-0.3, -0.25) is 4.90 Å². The highest BCUT2D eigenvalue weighted by atomic mass is 19.3. The van der Waals surface area contributed by atoms with E-state index in [2.05, 4.69) is 10.2 Å². The minimum Gasteiger partial charge on any atom is -0.318 e. The summed E-state index contributed by atoms with van der Waals surface area (Å²) in [7, 11) is 3.54. The van der Waals surface area contributed by atoms with Crippen LogP contribution in [0.15, 0.2) is 0 Å². The van der Waals surface area contributed by atoms with E-state index in [-0.39, 0.29) is 12.1 Å². The van der Waals surface area contributed by atoms with Crippen molar-refractivity contribution in [2.75, 3.05) is 27.2 Å². The Labute approximate surface area is 82.1 Å². The number of hydrogen-bond acceptors (Lipinski definition) is 4. The minimum absolute atomic E-state index is 0.145. The highest BCUT2D eigenvalue weighted by Crippen LogP contribution is 2.20. The number of halogens is 2. The Morgan fingerprint density at radius 2 is 2.29 bits per heavy atom. The zero-order valence-electron chi connectivity index (χ0n) is 8.37. The van der Waals surface area contributed by atoms with Crippen LogP contribution in [0.1, 0.15) is 6.42 Å². The molecule has 1 N–H and O–H groups in total. The van der Waals surface area contributed by atoms with Crippen molar-refractivity contribution in [3.05, 3.63) is 0 Å². The van der Waals surface area contributed by atoms with Crippen LogP contribution >= 0.6 is 0 Å². The van der Waals surface area contributed by atoms with Crippen LogP contribution in [0.3, 0.4) is 0 Å². The second-order valence-corrected chi connectivity index (χ2v) is 3.36. The molecule has 0 bridgehead atoms. The lowest BCUT2D eigenvalue weighted by atomic mass is 10.2. The Morgan fingerprint density at radius 3 is 2.86 bits per heavy atom. The van der Waals surface area contributed by atoms with Gasteiger partial charge >= 0.3 is 6.61 Å². The fourth-order valence-electron chi connectivity index (χ4n) is 1.65. The molecule has 0 spiro atoms. The SMILES string of the molecule is CNOCC1CC(OC(F)F)CN1C. The van der Waals surface area contributed by atoms with Crippen molar-refractivity contribution in [2.45, 2.75) is 25.2 Å². The summed E-state index contributed by atoms with van der Waals surface area (Å²) in [5.74, 6) is 0. The van der Waals surface area contributed by atoms with Gasteiger partial charge in [0.05, 0.1) is 12.7 Å². The molecule has 0 saturated carbocycles. The quantitative estimate of drug-likeness (QED) is 0.668. The van der Waals surface area contributed by atoms with Crippen LogP contribution < -0.4 is 5.48 Å². The van der Waals surface area contributed by atoms with Gasteiger partial charge in [0.2, 0.25) is 0 Å². The molecule has 0 aliphatic carbocycles. The molecule has 6 heteroatoms. The molecule has 84 valence electrons. The van der Waals surface area contributed by atoms with Crippen molar-refractivity contribution in [1.29, 1.82) is 0 Å². The first-order valence-electron chi connectivity index (χ1n) is 4.56. The number of ether oxygens (including phenoxy) is 1. The fraction of sp³-hybridized carbons (Fsp3) is 1.00. The maximum atomic E-state index is 11.9. The number of hydroxylamine groups is 1. The predicted molar refractivity (Wildman–Crippen MR) is 46.9 cm³/mol. The molecule has 4 nitrogen and oxygen atoms in total. The number of alkyl halides is 2. The number of hydrogen-bond donors (Lipinski definition) is 1. The Balaban J connectivity index is 2.28. The Morgan fingerprint density at radius 1 is 1.57 bits per heavy atom. The monoisotopic (exact) mass is 210 g/mol. The molecule has 2 atom stereocenters. The summed E-state index contributed by atoms with van der Waals surface area (Å²) in [4.78, 5) is 6.97. The van der Waals surface area contributed by atoms with Gasteiger partial charge in [-0.1, -0.05) is 0 Å². The lowest BCUT2D eigenvalue weighted by Crippen LogP contribution is -2.31. The van der Waals surface area contributed by atoms with Crippen LogP contribution in [0.25, 0.3) is 0 Å². The van der Waals surface area contributed by atoms with E-state index in [9.17, 15) is 8.78 Å². The van der Waals surface area contributed by atoms with Crippen LogP contribution in [-0.2, 0) is 9.57 Å². The summed E-state index contributed by atoms with van der Waals surface area (Å²) in [6.45, 7) is -1.67. The summed E-state index contributed by atoms with van der Waals surface area (Å²) >= 11 is 0. The average molecular weight is 210 g/mol. The van der Waals surface area contributed by atoms with E-state index < -0.39 is 6.61 Å². The van der Waals surface area contributed by atoms with Gasteiger partial charge < -0.3 is 9.57 Å². The molecule has 2 unspecified atom stereocenters. The van der Waals surface area contributed by atoms with Crippen molar-refractivity contribution < 1.29 is 18.4 Å². The lowest BCUT2D eigenvalue weighted by molar-refractivity contribution is -0.158. The second kappa shape index (κ2) is 5.55. The van der Waals surface area contributed by atoms with Crippen LogP contribution in [0, 0.1) is 0 Å². The summed E-state index contributed by atoms with van der Waals surface area (Å²) in [5, 5.41) is 0. The summed E-state index contributed by atoms with van der Waals surface area (Å²) in [5.41, 5.74) is 2.56. The first-order chi connectivity index (χ1) is 6.63. The number of likely N-dealkylation sites (N-methyl/N-ethyl adjacent to an activating group) is 1. The molecule has 0 aromatic heterocycles. The number of nitrogens with one attached hydrogen (secondary N) is 1. The van der Waals surface area contributed by atoms with Crippen LogP contribution in [-0.4, -0.2) is 50.9 Å². The van der Waals surface area contributed by atoms with E-state index in [1.807, 2.05) is 11.9 Å². The first kappa shape index (κ1) is 11.8. The van der Waals surface area contributed by atoms with Crippen LogP contribution in [0.5, 0.6) is 0 Å². The van der Waals surface area contributed by atoms with Gasteiger partial charge in [0.1, 0.15) is 0 Å². The molecule has 1 aliphatic rings. The fourth-order valence-corrected chi connectivity index (χ4v) is 1.65. The molecule has 14 heavy (non-hydrogen) atoms. The molecule has 1 aliphatic heterocycles. The van der Waals surface area contributed by atoms with Gasteiger partial charge in [0.15, 0.2) is 0 Å². The molecule has 1 fully saturated rings. The van der Waals surface area contributed by atoms with Gasteiger partial charge in [-0.25, -0.2) is 5.48 Å². The third kappa shape index (κ3) is 3.45. The zero-order chi connectivity index (χ0) is 10.6. The van der Waals surface area contributed by atoms with Gasteiger partial charge in [-0.15, -0.1) is 0 Å². The first-order valence-corrected chi connectivity index (χ1v) is 4.56. The minimum atomic E-state index is -2.68. The van der Waals surface area contributed by atoms with Crippen molar-refractivity contribution in [3.8, 4) is 0 Å². The lowest BCUT2D eigenvalue weighted by Gasteiger charge is -2.17. The standard InChI is InChI=1S/C8H16F2N2O2/c1-11-13-5-6-3-7(4-12(6)2)14-8(9)10/h6-8,11H,3-5H2,1-2H3. The van der Waals surface area contributed by atoms with Gasteiger partial charge in [0, 0.05) is 19.6 Å². The number of likely N-dealkylation sites (tertiary alicyclic amines) is 1. The Kier molecular flexibility index (Phi) is 4.67. The van der Waals surface area contributed by atoms with Gasteiger partial charge in [-0.05, 0) is 13.5 Å². The largest absolute Gasteiger partial charge is 0.345 e. The van der Waals surface area contributed by atoms with Crippen molar-refractivity contribution in [2.24, 2.45) is 0 Å². The molecular weight excluding hydrogens is 194 g/mol. The highest BCUT2D eigenvalue weighted by molar-refractivity contribution is 4.83. The van der Waals surface area contributed by atoms with Crippen molar-refractivity contribution >= 4 is 0 Å². The second-order valence-electron chi connectivity index (χ2n) is 3.36. The molecule has 1 saturated heterocycles. The highest BCUT2D eigenvalue weighted by Gasteiger charge is 2.31. The Bertz CT molecular complexity index is 171. The van der Waals surface area contributed by atoms with Gasteiger partial charge in [0.25, 0.3) is 0 Å². The molecule has 1 rings (SSSR count). The third-order valence-corrected chi connectivity index (χ3v) is 2.37. The van der Waals surface area contributed by atoms with E-state index in [1.54, 1.807) is 7.05 Å². The molecular formula is C8H16F2N2O2. The van der Waals surface area contributed by atoms with E-state index in [1.165, 1.54) is 0 Å². The van der Waals surface area contributed by atoms with E-state index in [0.717, 1.165) is 0 Å². The third-order valence-electron chi connectivity index (χ3n) is 2.37. The smallest absolute Gasteiger partial charge is 0.318 e. The summed E-state index contributed by atoms with van der Waals surface area (Å²) in [6.07, 6.45) is 0.202. The summed E-state index contributed by atoms with van der Waals surface area (Å²) < 4.78 is 28.3. The van der Waals surface area contributed by atoms with E-state index in [0.29, 0.717) is 19.6 Å². The van der Waals surface area contributed by atoms with Crippen molar-refractivity contribution in [1.82, 2.24) is 10.4 Å². The molecule has 0 radical (unpaired) electrons. The van der Waals surface area contributed by atoms with Crippen molar-refractivity contribution in [3.63, 3.8) is 0 Å². The predicted octanol–water partition coefficient (Wildman–Crippen LogP) is 0.449. The topological polar surface area (TPSA) is 33.7 Å². The molecule has 1 heterocycles. The molecule has 0 amide bonds.